The Hall–Kier alpha value is -3.19. The second-order valence-corrected chi connectivity index (χ2v) is 7.87. The summed E-state index contributed by atoms with van der Waals surface area (Å²) in [7, 11) is 1.64. The number of carbonyl (C=O) groups is 2. The number of benzene rings is 2. The third kappa shape index (κ3) is 4.32. The van der Waals surface area contributed by atoms with Crippen LogP contribution < -0.4 is 5.32 Å². The molecule has 7 heteroatoms. The van der Waals surface area contributed by atoms with Gasteiger partial charge in [-0.3, -0.25) is 9.59 Å². The topological polar surface area (TPSA) is 76.5 Å². The first kappa shape index (κ1) is 21.1. The van der Waals surface area contributed by atoms with Crippen LogP contribution in [0.15, 0.2) is 54.6 Å². The third-order valence-electron chi connectivity index (χ3n) is 5.77. The molecule has 7 nitrogen and oxygen atoms in total. The second kappa shape index (κ2) is 9.31. The van der Waals surface area contributed by atoms with Gasteiger partial charge in [-0.2, -0.15) is 0 Å². The number of imidazole rings is 1. The molecule has 4 rings (SSSR count). The number of carbonyl (C=O) groups excluding carboxylic acids is 2. The number of para-hydroxylation sites is 2. The highest BCUT2D eigenvalue weighted by Crippen LogP contribution is 2.37. The second-order valence-electron chi connectivity index (χ2n) is 7.87. The number of hydrogen-bond donors (Lipinski definition) is 1. The van der Waals surface area contributed by atoms with Crippen molar-refractivity contribution in [3.05, 3.63) is 66.0 Å². The van der Waals surface area contributed by atoms with Crippen LogP contribution in [0.4, 0.5) is 0 Å². The molecule has 0 spiro atoms. The Balaban J connectivity index is 1.65. The molecule has 0 bridgehead atoms. The molecule has 0 unspecified atom stereocenters. The van der Waals surface area contributed by atoms with E-state index in [1.807, 2.05) is 71.0 Å². The molecule has 2 amide bonds. The maximum atomic E-state index is 13.6. The Bertz CT molecular complexity index is 1060. The molecular formula is C24H28N4O3. The average Bonchev–Trinajstić information content (AvgIpc) is 3.18. The monoisotopic (exact) mass is 420 g/mol. The molecule has 1 aromatic heterocycles. The summed E-state index contributed by atoms with van der Waals surface area (Å²) in [5, 5.41) is 2.91. The molecular weight excluding hydrogens is 392 g/mol. The van der Waals surface area contributed by atoms with E-state index in [0.717, 1.165) is 28.8 Å². The number of nitrogens with one attached hydrogen (secondary N) is 1. The maximum Gasteiger partial charge on any atom is 0.247 e. The van der Waals surface area contributed by atoms with E-state index in [2.05, 4.69) is 5.32 Å². The van der Waals surface area contributed by atoms with Gasteiger partial charge < -0.3 is 19.5 Å². The highest BCUT2D eigenvalue weighted by molar-refractivity contribution is 5.90. The van der Waals surface area contributed by atoms with Crippen molar-refractivity contribution in [2.45, 2.75) is 38.4 Å². The minimum Gasteiger partial charge on any atom is -0.385 e. The average molecular weight is 421 g/mol. The van der Waals surface area contributed by atoms with Gasteiger partial charge in [-0.15, -0.1) is 0 Å². The molecule has 2 heterocycles. The normalized spacial score (nSPS) is 18.3. The standard InChI is InChI=1S/C24H28N4O3/c1-17-23-26-19-11-6-7-12-20(19)28(23)21(15-22(29)25-13-8-14-31-2)24(30)27(17)16-18-9-4-3-5-10-18/h3-7,9-12,17,21H,8,13-16H2,1-2H3,(H,25,29)/t17-,21+/m1/s1. The van der Waals surface area contributed by atoms with E-state index in [4.69, 9.17) is 9.72 Å². The predicted octanol–water partition coefficient (Wildman–Crippen LogP) is 3.22. The molecule has 0 radical (unpaired) electrons. The number of nitrogens with zero attached hydrogens (tertiary/aromatic N) is 3. The van der Waals surface area contributed by atoms with E-state index < -0.39 is 6.04 Å². The van der Waals surface area contributed by atoms with Crippen LogP contribution in [0.5, 0.6) is 0 Å². The summed E-state index contributed by atoms with van der Waals surface area (Å²) in [5.41, 5.74) is 2.77. The number of hydrogen-bond acceptors (Lipinski definition) is 4. The van der Waals surface area contributed by atoms with Crippen molar-refractivity contribution < 1.29 is 14.3 Å². The Labute approximate surface area is 182 Å². The predicted molar refractivity (Wildman–Crippen MR) is 118 cm³/mol. The lowest BCUT2D eigenvalue weighted by atomic mass is 10.0. The maximum absolute atomic E-state index is 13.6. The number of rotatable bonds is 8. The van der Waals surface area contributed by atoms with Gasteiger partial charge in [-0.1, -0.05) is 42.5 Å². The van der Waals surface area contributed by atoms with Crippen molar-refractivity contribution in [2.75, 3.05) is 20.3 Å². The van der Waals surface area contributed by atoms with Crippen molar-refractivity contribution in [1.29, 1.82) is 0 Å². The first-order valence-corrected chi connectivity index (χ1v) is 10.7. The smallest absolute Gasteiger partial charge is 0.247 e. The fourth-order valence-electron chi connectivity index (χ4n) is 4.18. The van der Waals surface area contributed by atoms with Gasteiger partial charge >= 0.3 is 0 Å². The van der Waals surface area contributed by atoms with Gasteiger partial charge in [-0.05, 0) is 31.0 Å². The summed E-state index contributed by atoms with van der Waals surface area (Å²) in [6.45, 7) is 3.59. The molecule has 0 saturated heterocycles. The van der Waals surface area contributed by atoms with Crippen molar-refractivity contribution in [3.8, 4) is 0 Å². The zero-order valence-electron chi connectivity index (χ0n) is 18.0. The van der Waals surface area contributed by atoms with Gasteiger partial charge in [0.15, 0.2) is 0 Å². The molecule has 0 aliphatic carbocycles. The van der Waals surface area contributed by atoms with Crippen LogP contribution in [0.3, 0.4) is 0 Å². The lowest BCUT2D eigenvalue weighted by Crippen LogP contribution is -2.46. The van der Waals surface area contributed by atoms with Crippen molar-refractivity contribution in [2.24, 2.45) is 0 Å². The Morgan fingerprint density at radius 3 is 2.65 bits per heavy atom. The molecule has 162 valence electrons. The van der Waals surface area contributed by atoms with E-state index >= 15 is 0 Å². The van der Waals surface area contributed by atoms with E-state index in [9.17, 15) is 9.59 Å². The van der Waals surface area contributed by atoms with Crippen LogP contribution in [0.25, 0.3) is 11.0 Å². The minimum absolute atomic E-state index is 0.0564. The van der Waals surface area contributed by atoms with Crippen molar-refractivity contribution in [3.63, 3.8) is 0 Å². The zero-order chi connectivity index (χ0) is 21.8. The molecule has 2 atom stereocenters. The Kier molecular flexibility index (Phi) is 6.32. The van der Waals surface area contributed by atoms with Crippen LogP contribution in [-0.2, 0) is 20.9 Å². The number of ether oxygens (including phenoxy) is 1. The van der Waals surface area contributed by atoms with Crippen LogP contribution in [-0.4, -0.2) is 46.5 Å². The minimum atomic E-state index is -0.621. The fourth-order valence-corrected chi connectivity index (χ4v) is 4.18. The van der Waals surface area contributed by atoms with Gasteiger partial charge in [0, 0.05) is 26.8 Å². The lowest BCUT2D eigenvalue weighted by Gasteiger charge is -2.38. The van der Waals surface area contributed by atoms with Gasteiger partial charge in [0.2, 0.25) is 11.8 Å². The number of aromatic nitrogens is 2. The summed E-state index contributed by atoms with van der Waals surface area (Å²) in [6.07, 6.45) is 0.814. The quantitative estimate of drug-likeness (QED) is 0.568. The summed E-state index contributed by atoms with van der Waals surface area (Å²) in [5.74, 6) is 0.611. The Morgan fingerprint density at radius 2 is 1.87 bits per heavy atom. The highest BCUT2D eigenvalue weighted by atomic mass is 16.5. The number of methoxy groups -OCH3 is 1. The van der Waals surface area contributed by atoms with E-state index in [0.29, 0.717) is 19.7 Å². The van der Waals surface area contributed by atoms with E-state index in [-0.39, 0.29) is 24.3 Å². The van der Waals surface area contributed by atoms with E-state index in [1.165, 1.54) is 0 Å². The third-order valence-corrected chi connectivity index (χ3v) is 5.77. The molecule has 2 aromatic carbocycles. The zero-order valence-corrected chi connectivity index (χ0v) is 18.0. The first-order chi connectivity index (χ1) is 15.1. The van der Waals surface area contributed by atoms with Crippen molar-refractivity contribution in [1.82, 2.24) is 19.8 Å². The van der Waals surface area contributed by atoms with E-state index in [1.54, 1.807) is 7.11 Å². The molecule has 31 heavy (non-hydrogen) atoms. The highest BCUT2D eigenvalue weighted by Gasteiger charge is 2.40. The number of fused-ring (bicyclic) bond motifs is 3. The SMILES string of the molecule is COCCCNC(=O)C[C@H]1C(=O)N(Cc2ccccc2)[C@H](C)c2nc3ccccc3n21. The van der Waals surface area contributed by atoms with Gasteiger partial charge in [-0.25, -0.2) is 4.98 Å². The summed E-state index contributed by atoms with van der Waals surface area (Å²) in [6, 6.07) is 16.9. The van der Waals surface area contributed by atoms with Gasteiger partial charge in [0.1, 0.15) is 11.9 Å². The summed E-state index contributed by atoms with van der Waals surface area (Å²) < 4.78 is 6.99. The summed E-state index contributed by atoms with van der Waals surface area (Å²) in [4.78, 5) is 33.0. The molecule has 0 saturated carbocycles. The first-order valence-electron chi connectivity index (χ1n) is 10.7. The molecule has 1 N–H and O–H groups in total. The molecule has 1 aliphatic heterocycles. The largest absolute Gasteiger partial charge is 0.385 e. The van der Waals surface area contributed by atoms with Crippen LogP contribution in [0, 0.1) is 0 Å². The van der Waals surface area contributed by atoms with Crippen LogP contribution >= 0.6 is 0 Å². The van der Waals surface area contributed by atoms with Crippen LogP contribution in [0.2, 0.25) is 0 Å². The lowest BCUT2D eigenvalue weighted by molar-refractivity contribution is -0.142. The summed E-state index contributed by atoms with van der Waals surface area (Å²) >= 11 is 0. The van der Waals surface area contributed by atoms with Gasteiger partial charge in [0.05, 0.1) is 23.5 Å². The molecule has 0 fully saturated rings. The number of amides is 2. The molecule has 1 aliphatic rings. The van der Waals surface area contributed by atoms with Gasteiger partial charge in [0.25, 0.3) is 0 Å². The van der Waals surface area contributed by atoms with Crippen molar-refractivity contribution >= 4 is 22.8 Å². The van der Waals surface area contributed by atoms with Crippen LogP contribution in [0.1, 0.15) is 43.2 Å². The Morgan fingerprint density at radius 1 is 1.13 bits per heavy atom. The molecule has 3 aromatic rings. The fraction of sp³-hybridized carbons (Fsp3) is 0.375.